The van der Waals surface area contributed by atoms with Crippen molar-refractivity contribution in [3.05, 3.63) is 53.7 Å². The summed E-state index contributed by atoms with van der Waals surface area (Å²) in [5, 5.41) is 5.89. The second-order valence-corrected chi connectivity index (χ2v) is 6.20. The van der Waals surface area contributed by atoms with Gasteiger partial charge in [-0.1, -0.05) is 29.4 Å². The first-order valence-electron chi connectivity index (χ1n) is 7.46. The third kappa shape index (κ3) is 3.80. The molecular weight excluding hydrogens is 326 g/mol. The normalized spacial score (nSPS) is 11.9. The molecule has 1 aromatic carbocycles. The molecule has 0 fully saturated rings. The fraction of sp³-hybridized carbons (Fsp3) is 0.235. The molecule has 1 atom stereocenters. The molecule has 0 bridgehead atoms. The lowest BCUT2D eigenvalue weighted by atomic mass is 10.3. The van der Waals surface area contributed by atoms with Crippen LogP contribution < -0.4 is 4.74 Å². The largest absolute Gasteiger partial charge is 0.481 e. The summed E-state index contributed by atoms with van der Waals surface area (Å²) in [5.41, 5.74) is 0. The molecule has 0 radical (unpaired) electrons. The molecule has 0 saturated carbocycles. The van der Waals surface area contributed by atoms with Crippen molar-refractivity contribution in [1.82, 2.24) is 15.0 Å². The molecule has 0 spiro atoms. The summed E-state index contributed by atoms with van der Waals surface area (Å²) in [5.74, 6) is 1.43. The van der Waals surface area contributed by atoms with Gasteiger partial charge in [-0.15, -0.1) is 11.3 Å². The topological polar surface area (TPSA) is 68.5 Å². The Balaban J connectivity index is 1.60. The summed E-state index contributed by atoms with van der Waals surface area (Å²) < 4.78 is 10.9. The van der Waals surface area contributed by atoms with Gasteiger partial charge < -0.3 is 14.2 Å². The summed E-state index contributed by atoms with van der Waals surface area (Å²) in [6.07, 6.45) is -0.600. The van der Waals surface area contributed by atoms with E-state index in [9.17, 15) is 4.79 Å². The van der Waals surface area contributed by atoms with Gasteiger partial charge in [0.1, 0.15) is 5.75 Å². The van der Waals surface area contributed by atoms with E-state index < -0.39 is 6.10 Å². The van der Waals surface area contributed by atoms with E-state index in [1.54, 1.807) is 14.0 Å². The number of rotatable bonds is 6. The van der Waals surface area contributed by atoms with Gasteiger partial charge in [-0.05, 0) is 30.5 Å². The standard InChI is InChI=1S/C17H17N3O3S/c1-12(22-13-7-4-3-5-8-13)17(21)20(2)11-15-18-16(19-23-15)14-9-6-10-24-14/h3-10,12H,11H2,1-2H3/t12-/m1/s1. The Labute approximate surface area is 143 Å². The number of nitrogens with zero attached hydrogens (tertiary/aromatic N) is 3. The van der Waals surface area contributed by atoms with Crippen LogP contribution in [0.5, 0.6) is 5.75 Å². The van der Waals surface area contributed by atoms with Crippen LogP contribution in [-0.2, 0) is 11.3 Å². The molecule has 2 heterocycles. The molecule has 0 aliphatic rings. The van der Waals surface area contributed by atoms with Gasteiger partial charge in [0.2, 0.25) is 11.7 Å². The van der Waals surface area contributed by atoms with E-state index in [4.69, 9.17) is 9.26 Å². The lowest BCUT2D eigenvalue weighted by Gasteiger charge is -2.20. The first-order valence-corrected chi connectivity index (χ1v) is 8.34. The number of hydrogen-bond donors (Lipinski definition) is 0. The van der Waals surface area contributed by atoms with Crippen LogP contribution in [0.2, 0.25) is 0 Å². The summed E-state index contributed by atoms with van der Waals surface area (Å²) in [6.45, 7) is 1.95. The number of amides is 1. The minimum absolute atomic E-state index is 0.158. The molecule has 0 N–H and O–H groups in total. The van der Waals surface area contributed by atoms with Crippen LogP contribution in [0.1, 0.15) is 12.8 Å². The summed E-state index contributed by atoms with van der Waals surface area (Å²) in [6, 6.07) is 13.1. The second kappa shape index (κ2) is 7.27. The third-order valence-electron chi connectivity index (χ3n) is 3.36. The van der Waals surface area contributed by atoms with Gasteiger partial charge in [0, 0.05) is 7.05 Å². The first kappa shape index (κ1) is 16.2. The van der Waals surface area contributed by atoms with Crippen molar-refractivity contribution in [2.75, 3.05) is 7.05 Å². The Morgan fingerprint density at radius 1 is 1.29 bits per heavy atom. The molecule has 3 rings (SSSR count). The van der Waals surface area contributed by atoms with E-state index in [1.165, 1.54) is 16.2 Å². The predicted octanol–water partition coefficient (Wildman–Crippen LogP) is 3.22. The van der Waals surface area contributed by atoms with Gasteiger partial charge in [-0.25, -0.2) is 0 Å². The van der Waals surface area contributed by atoms with E-state index in [-0.39, 0.29) is 12.5 Å². The molecule has 7 heteroatoms. The second-order valence-electron chi connectivity index (χ2n) is 5.26. The fourth-order valence-electron chi connectivity index (χ4n) is 2.17. The quantitative estimate of drug-likeness (QED) is 0.687. The van der Waals surface area contributed by atoms with Crippen molar-refractivity contribution in [2.45, 2.75) is 19.6 Å². The van der Waals surface area contributed by atoms with Gasteiger partial charge in [0.25, 0.3) is 5.91 Å². The molecule has 1 amide bonds. The van der Waals surface area contributed by atoms with Crippen LogP contribution in [-0.4, -0.2) is 34.1 Å². The predicted molar refractivity (Wildman–Crippen MR) is 90.6 cm³/mol. The molecule has 0 aliphatic heterocycles. The lowest BCUT2D eigenvalue weighted by molar-refractivity contribution is -0.137. The number of benzene rings is 1. The molecule has 3 aromatic rings. The number of carbonyl (C=O) groups excluding carboxylic acids is 1. The highest BCUT2D eigenvalue weighted by Gasteiger charge is 2.21. The van der Waals surface area contributed by atoms with Crippen molar-refractivity contribution in [1.29, 1.82) is 0 Å². The molecule has 24 heavy (non-hydrogen) atoms. The van der Waals surface area contributed by atoms with Crippen LogP contribution in [0.3, 0.4) is 0 Å². The van der Waals surface area contributed by atoms with Gasteiger partial charge in [-0.3, -0.25) is 4.79 Å². The zero-order valence-electron chi connectivity index (χ0n) is 13.4. The minimum Gasteiger partial charge on any atom is -0.481 e. The van der Waals surface area contributed by atoms with Gasteiger partial charge in [-0.2, -0.15) is 4.98 Å². The Bertz CT molecular complexity index is 787. The highest BCUT2D eigenvalue weighted by molar-refractivity contribution is 7.13. The number of ether oxygens (including phenoxy) is 1. The number of likely N-dealkylation sites (N-methyl/N-ethyl adjacent to an activating group) is 1. The van der Waals surface area contributed by atoms with E-state index in [0.29, 0.717) is 17.5 Å². The van der Waals surface area contributed by atoms with Crippen LogP contribution in [0, 0.1) is 0 Å². The van der Waals surface area contributed by atoms with Crippen LogP contribution in [0.25, 0.3) is 10.7 Å². The molecule has 0 saturated heterocycles. The number of aromatic nitrogens is 2. The van der Waals surface area contributed by atoms with Crippen molar-refractivity contribution >= 4 is 17.2 Å². The third-order valence-corrected chi connectivity index (χ3v) is 4.23. The SMILES string of the molecule is C[C@@H](Oc1ccccc1)C(=O)N(C)Cc1nc(-c2cccs2)no1. The van der Waals surface area contributed by atoms with Gasteiger partial charge in [0.05, 0.1) is 11.4 Å². The van der Waals surface area contributed by atoms with Crippen LogP contribution >= 0.6 is 11.3 Å². The zero-order chi connectivity index (χ0) is 16.9. The molecule has 124 valence electrons. The lowest BCUT2D eigenvalue weighted by Crippen LogP contribution is -2.37. The van der Waals surface area contributed by atoms with Crippen molar-refractivity contribution in [3.8, 4) is 16.5 Å². The smallest absolute Gasteiger partial charge is 0.263 e. The average molecular weight is 343 g/mol. The number of thiophene rings is 1. The van der Waals surface area contributed by atoms with Crippen molar-refractivity contribution in [2.24, 2.45) is 0 Å². The molecule has 2 aromatic heterocycles. The molecule has 0 unspecified atom stereocenters. The maximum atomic E-state index is 12.4. The first-order chi connectivity index (χ1) is 11.6. The summed E-state index contributed by atoms with van der Waals surface area (Å²) in [4.78, 5) is 19.2. The van der Waals surface area contributed by atoms with Crippen LogP contribution in [0.15, 0.2) is 52.4 Å². The van der Waals surface area contributed by atoms with Gasteiger partial charge in [0.15, 0.2) is 6.10 Å². The van der Waals surface area contributed by atoms with E-state index in [0.717, 1.165) is 4.88 Å². The van der Waals surface area contributed by atoms with E-state index in [2.05, 4.69) is 10.1 Å². The van der Waals surface area contributed by atoms with E-state index in [1.807, 2.05) is 47.8 Å². The maximum Gasteiger partial charge on any atom is 0.263 e. The molecule has 0 aliphatic carbocycles. The highest BCUT2D eigenvalue weighted by atomic mass is 32.1. The van der Waals surface area contributed by atoms with Crippen LogP contribution in [0.4, 0.5) is 0 Å². The highest BCUT2D eigenvalue weighted by Crippen LogP contribution is 2.21. The Kier molecular flexibility index (Phi) is 4.90. The zero-order valence-corrected chi connectivity index (χ0v) is 14.2. The Morgan fingerprint density at radius 2 is 2.08 bits per heavy atom. The summed E-state index contributed by atoms with van der Waals surface area (Å²) >= 11 is 1.54. The number of hydrogen-bond acceptors (Lipinski definition) is 6. The number of carbonyl (C=O) groups is 1. The monoisotopic (exact) mass is 343 g/mol. The van der Waals surface area contributed by atoms with Gasteiger partial charge >= 0.3 is 0 Å². The fourth-order valence-corrected chi connectivity index (χ4v) is 2.82. The molecular formula is C17H17N3O3S. The van der Waals surface area contributed by atoms with Crippen molar-refractivity contribution in [3.63, 3.8) is 0 Å². The summed E-state index contributed by atoms with van der Waals surface area (Å²) in [7, 11) is 1.68. The van der Waals surface area contributed by atoms with E-state index >= 15 is 0 Å². The van der Waals surface area contributed by atoms with Crippen molar-refractivity contribution < 1.29 is 14.1 Å². The Hall–Kier alpha value is -2.67. The maximum absolute atomic E-state index is 12.4. The number of para-hydroxylation sites is 1. The molecule has 6 nitrogen and oxygen atoms in total. The Morgan fingerprint density at radius 3 is 2.79 bits per heavy atom. The minimum atomic E-state index is -0.600. The average Bonchev–Trinajstić information content (AvgIpc) is 3.26.